The lowest BCUT2D eigenvalue weighted by molar-refractivity contribution is 0.0983. The molecule has 16 heavy (non-hydrogen) atoms. The number of ether oxygens (including phenoxy) is 1. The van der Waals surface area contributed by atoms with Crippen LogP contribution in [0.5, 0.6) is 0 Å². The standard InChI is InChI=1S/C11H18BrN3O/c1-8-11(12)10(15(2)14-8)7-16-6-9-4-3-5-13-9/h9,13H,3-7H2,1-2H3. The summed E-state index contributed by atoms with van der Waals surface area (Å²) >= 11 is 3.54. The highest BCUT2D eigenvalue weighted by molar-refractivity contribution is 9.10. The van der Waals surface area contributed by atoms with Crippen molar-refractivity contribution >= 4 is 15.9 Å². The zero-order valence-electron chi connectivity index (χ0n) is 9.79. The molecule has 4 nitrogen and oxygen atoms in total. The average molecular weight is 288 g/mol. The number of aryl methyl sites for hydroxylation is 2. The number of hydrogen-bond acceptors (Lipinski definition) is 3. The third-order valence-electron chi connectivity index (χ3n) is 2.98. The quantitative estimate of drug-likeness (QED) is 0.917. The molecular weight excluding hydrogens is 270 g/mol. The predicted molar refractivity (Wildman–Crippen MR) is 66.3 cm³/mol. The topological polar surface area (TPSA) is 39.1 Å². The fourth-order valence-corrected chi connectivity index (χ4v) is 2.48. The Balaban J connectivity index is 1.84. The molecule has 1 atom stereocenters. The molecule has 0 radical (unpaired) electrons. The van der Waals surface area contributed by atoms with Crippen molar-refractivity contribution in [3.8, 4) is 0 Å². The first-order valence-electron chi connectivity index (χ1n) is 5.67. The van der Waals surface area contributed by atoms with Crippen LogP contribution in [0.4, 0.5) is 0 Å². The van der Waals surface area contributed by atoms with E-state index in [4.69, 9.17) is 4.74 Å². The Morgan fingerprint density at radius 1 is 1.62 bits per heavy atom. The predicted octanol–water partition coefficient (Wildman–Crippen LogP) is 1.76. The molecule has 1 saturated heterocycles. The lowest BCUT2D eigenvalue weighted by Gasteiger charge is -2.11. The normalized spacial score (nSPS) is 20.6. The van der Waals surface area contributed by atoms with Crippen molar-refractivity contribution in [2.75, 3.05) is 13.2 Å². The van der Waals surface area contributed by atoms with Gasteiger partial charge in [-0.2, -0.15) is 5.10 Å². The smallest absolute Gasteiger partial charge is 0.0897 e. The Morgan fingerprint density at radius 3 is 3.00 bits per heavy atom. The molecule has 0 bridgehead atoms. The molecule has 1 unspecified atom stereocenters. The van der Waals surface area contributed by atoms with E-state index in [-0.39, 0.29) is 0 Å². The maximum absolute atomic E-state index is 5.73. The highest BCUT2D eigenvalue weighted by Crippen LogP contribution is 2.21. The van der Waals surface area contributed by atoms with E-state index in [0.717, 1.165) is 29.0 Å². The van der Waals surface area contributed by atoms with Gasteiger partial charge < -0.3 is 10.1 Å². The molecule has 0 spiro atoms. The molecule has 1 aromatic heterocycles. The minimum absolute atomic E-state index is 0.535. The Morgan fingerprint density at radius 2 is 2.44 bits per heavy atom. The lowest BCUT2D eigenvalue weighted by atomic mass is 10.2. The van der Waals surface area contributed by atoms with Crippen LogP contribution in [0.2, 0.25) is 0 Å². The Hall–Kier alpha value is -0.390. The first-order valence-corrected chi connectivity index (χ1v) is 6.47. The van der Waals surface area contributed by atoms with Crippen LogP contribution in [0.25, 0.3) is 0 Å². The minimum atomic E-state index is 0.535. The van der Waals surface area contributed by atoms with Crippen LogP contribution in [0.3, 0.4) is 0 Å². The summed E-state index contributed by atoms with van der Waals surface area (Å²) in [6.45, 7) is 4.53. The first kappa shape index (κ1) is 12.1. The molecule has 2 rings (SSSR count). The molecule has 1 aromatic rings. The summed E-state index contributed by atoms with van der Waals surface area (Å²) < 4.78 is 8.67. The molecular formula is C11H18BrN3O. The van der Waals surface area contributed by atoms with Crippen LogP contribution in [0.15, 0.2) is 4.47 Å². The van der Waals surface area contributed by atoms with E-state index < -0.39 is 0 Å². The molecule has 0 aromatic carbocycles. The van der Waals surface area contributed by atoms with Crippen LogP contribution in [-0.2, 0) is 18.4 Å². The molecule has 1 aliphatic rings. The second kappa shape index (κ2) is 5.29. The van der Waals surface area contributed by atoms with E-state index in [9.17, 15) is 0 Å². The van der Waals surface area contributed by atoms with Crippen molar-refractivity contribution in [1.82, 2.24) is 15.1 Å². The number of aromatic nitrogens is 2. The third-order valence-corrected chi connectivity index (χ3v) is 4.01. The molecule has 90 valence electrons. The average Bonchev–Trinajstić information content (AvgIpc) is 2.82. The SMILES string of the molecule is Cc1nn(C)c(COCC2CCCN2)c1Br. The molecule has 0 amide bonds. The van der Waals surface area contributed by atoms with E-state index in [2.05, 4.69) is 26.3 Å². The van der Waals surface area contributed by atoms with E-state index in [0.29, 0.717) is 12.6 Å². The highest BCUT2D eigenvalue weighted by atomic mass is 79.9. The van der Waals surface area contributed by atoms with E-state index in [1.807, 2.05) is 18.7 Å². The number of halogens is 1. The summed E-state index contributed by atoms with van der Waals surface area (Å²) in [6, 6.07) is 0.535. The monoisotopic (exact) mass is 287 g/mol. The molecule has 1 fully saturated rings. The van der Waals surface area contributed by atoms with Crippen LogP contribution in [0, 0.1) is 6.92 Å². The van der Waals surface area contributed by atoms with E-state index >= 15 is 0 Å². The van der Waals surface area contributed by atoms with Crippen LogP contribution < -0.4 is 5.32 Å². The Labute approximate surface area is 104 Å². The second-order valence-corrected chi connectivity index (χ2v) is 5.07. The molecule has 1 aliphatic heterocycles. The maximum Gasteiger partial charge on any atom is 0.0897 e. The Bertz CT molecular complexity index is 358. The molecule has 2 heterocycles. The van der Waals surface area contributed by atoms with Gasteiger partial charge in [-0.25, -0.2) is 0 Å². The lowest BCUT2D eigenvalue weighted by Crippen LogP contribution is -2.26. The van der Waals surface area contributed by atoms with Gasteiger partial charge in [-0.15, -0.1) is 0 Å². The third kappa shape index (κ3) is 2.64. The zero-order chi connectivity index (χ0) is 11.5. The van der Waals surface area contributed by atoms with Crippen LogP contribution in [0.1, 0.15) is 24.2 Å². The van der Waals surface area contributed by atoms with Gasteiger partial charge >= 0.3 is 0 Å². The fourth-order valence-electron chi connectivity index (χ4n) is 2.03. The van der Waals surface area contributed by atoms with E-state index in [1.165, 1.54) is 12.8 Å². The van der Waals surface area contributed by atoms with Crippen molar-refractivity contribution in [3.63, 3.8) is 0 Å². The molecule has 1 N–H and O–H groups in total. The van der Waals surface area contributed by atoms with Gasteiger partial charge in [0.2, 0.25) is 0 Å². The number of nitrogens with one attached hydrogen (secondary N) is 1. The minimum Gasteiger partial charge on any atom is -0.374 e. The Kier molecular flexibility index (Phi) is 4.00. The van der Waals surface area contributed by atoms with Gasteiger partial charge in [-0.05, 0) is 42.2 Å². The first-order chi connectivity index (χ1) is 7.68. The number of rotatable bonds is 4. The summed E-state index contributed by atoms with van der Waals surface area (Å²) in [5, 5.41) is 7.75. The summed E-state index contributed by atoms with van der Waals surface area (Å²) in [6.07, 6.45) is 2.49. The van der Waals surface area contributed by atoms with Gasteiger partial charge in [0.05, 0.1) is 29.1 Å². The highest BCUT2D eigenvalue weighted by Gasteiger charge is 2.15. The summed E-state index contributed by atoms with van der Waals surface area (Å²) in [5.74, 6) is 0. The van der Waals surface area contributed by atoms with Gasteiger partial charge in [-0.1, -0.05) is 0 Å². The van der Waals surface area contributed by atoms with Crippen molar-refractivity contribution in [3.05, 3.63) is 15.9 Å². The van der Waals surface area contributed by atoms with Gasteiger partial charge in [0, 0.05) is 13.1 Å². The van der Waals surface area contributed by atoms with Crippen LogP contribution >= 0.6 is 15.9 Å². The summed E-state index contributed by atoms with van der Waals surface area (Å²) in [5.41, 5.74) is 2.12. The van der Waals surface area contributed by atoms with Gasteiger partial charge in [0.15, 0.2) is 0 Å². The largest absolute Gasteiger partial charge is 0.374 e. The van der Waals surface area contributed by atoms with Gasteiger partial charge in [0.1, 0.15) is 0 Å². The summed E-state index contributed by atoms with van der Waals surface area (Å²) in [4.78, 5) is 0. The molecule has 5 heteroatoms. The van der Waals surface area contributed by atoms with Crippen molar-refractivity contribution in [2.45, 2.75) is 32.4 Å². The second-order valence-electron chi connectivity index (χ2n) is 4.28. The van der Waals surface area contributed by atoms with Crippen molar-refractivity contribution in [1.29, 1.82) is 0 Å². The van der Waals surface area contributed by atoms with Crippen molar-refractivity contribution in [2.24, 2.45) is 7.05 Å². The van der Waals surface area contributed by atoms with Crippen molar-refractivity contribution < 1.29 is 4.74 Å². The number of nitrogens with zero attached hydrogens (tertiary/aromatic N) is 2. The number of hydrogen-bond donors (Lipinski definition) is 1. The zero-order valence-corrected chi connectivity index (χ0v) is 11.4. The summed E-state index contributed by atoms with van der Waals surface area (Å²) in [7, 11) is 1.95. The van der Waals surface area contributed by atoms with E-state index in [1.54, 1.807) is 0 Å². The van der Waals surface area contributed by atoms with Gasteiger partial charge in [-0.3, -0.25) is 4.68 Å². The molecule has 0 aliphatic carbocycles. The van der Waals surface area contributed by atoms with Crippen LogP contribution in [-0.4, -0.2) is 29.0 Å². The molecule has 0 saturated carbocycles. The van der Waals surface area contributed by atoms with Gasteiger partial charge in [0.25, 0.3) is 0 Å². The maximum atomic E-state index is 5.73. The fraction of sp³-hybridized carbons (Fsp3) is 0.727.